The Balaban J connectivity index is 1.13. The number of amides is 1. The third-order valence-corrected chi connectivity index (χ3v) is 8.84. The van der Waals surface area contributed by atoms with Gasteiger partial charge in [0.1, 0.15) is 33.5 Å². The summed E-state index contributed by atoms with van der Waals surface area (Å²) in [6, 6.07) is 18.0. The van der Waals surface area contributed by atoms with Crippen LogP contribution >= 0.6 is 24.0 Å². The van der Waals surface area contributed by atoms with E-state index in [1.807, 2.05) is 42.5 Å². The minimum absolute atomic E-state index is 0.146. The zero-order chi connectivity index (χ0) is 31.2. The third kappa shape index (κ3) is 7.51. The number of hydrogen-bond acceptors (Lipinski definition) is 10. The number of hydrogen-bond donors (Lipinski definition) is 2. The van der Waals surface area contributed by atoms with Gasteiger partial charge in [-0.25, -0.2) is 4.79 Å². The number of carboxylic acids is 1. The zero-order valence-electron chi connectivity index (χ0n) is 24.3. The molecular formula is C32H31N5O6S2. The van der Waals surface area contributed by atoms with Crippen LogP contribution in [0.25, 0.3) is 28.2 Å². The summed E-state index contributed by atoms with van der Waals surface area (Å²) >= 11 is 6.81. The molecule has 0 spiro atoms. The Kier molecular flexibility index (Phi) is 9.69. The molecule has 11 nitrogen and oxygen atoms in total. The maximum absolute atomic E-state index is 13.3. The number of aromatic amines is 1. The lowest BCUT2D eigenvalue weighted by Crippen LogP contribution is -2.38. The van der Waals surface area contributed by atoms with E-state index >= 15 is 0 Å². The average molecular weight is 646 g/mol. The summed E-state index contributed by atoms with van der Waals surface area (Å²) in [4.78, 5) is 28.8. The third-order valence-electron chi connectivity index (χ3n) is 7.47. The van der Waals surface area contributed by atoms with Gasteiger partial charge in [-0.05, 0) is 72.2 Å². The van der Waals surface area contributed by atoms with E-state index in [9.17, 15) is 9.59 Å². The number of rotatable bonds is 12. The van der Waals surface area contributed by atoms with E-state index < -0.39 is 5.97 Å². The molecule has 1 aromatic heterocycles. The number of fused-ring (bicyclic) bond motifs is 1. The van der Waals surface area contributed by atoms with Crippen LogP contribution in [0.2, 0.25) is 0 Å². The number of carboxylic acid groups (broad SMARTS) is 1. The second-order valence-corrected chi connectivity index (χ2v) is 12.1. The maximum Gasteiger partial charge on any atom is 0.335 e. The van der Waals surface area contributed by atoms with E-state index in [0.717, 1.165) is 66.3 Å². The number of benzene rings is 3. The van der Waals surface area contributed by atoms with Gasteiger partial charge in [-0.1, -0.05) is 36.1 Å². The lowest BCUT2D eigenvalue weighted by Gasteiger charge is -2.26. The number of carbonyl (C=O) groups is 2. The molecule has 2 N–H and O–H groups in total. The minimum Gasteiger partial charge on any atom is -0.494 e. The molecule has 6 rings (SSSR count). The van der Waals surface area contributed by atoms with Crippen LogP contribution in [0.3, 0.4) is 0 Å². The van der Waals surface area contributed by atoms with E-state index in [0.29, 0.717) is 41.2 Å². The zero-order valence-corrected chi connectivity index (χ0v) is 25.9. The van der Waals surface area contributed by atoms with Gasteiger partial charge in [-0.2, -0.15) is 15.4 Å². The Morgan fingerprint density at radius 2 is 1.80 bits per heavy atom. The molecule has 232 valence electrons. The van der Waals surface area contributed by atoms with Crippen LogP contribution in [-0.2, 0) is 9.53 Å². The molecule has 3 aromatic carbocycles. The van der Waals surface area contributed by atoms with Crippen molar-refractivity contribution in [1.29, 1.82) is 0 Å². The average Bonchev–Trinajstić information content (AvgIpc) is 3.63. The summed E-state index contributed by atoms with van der Waals surface area (Å²) in [5.41, 5.74) is 4.38. The quantitative estimate of drug-likeness (QED) is 0.126. The number of morpholine rings is 1. The number of nitrogens with zero attached hydrogens (tertiary/aromatic N) is 4. The van der Waals surface area contributed by atoms with E-state index in [4.69, 9.17) is 31.5 Å². The van der Waals surface area contributed by atoms with Gasteiger partial charge in [0.05, 0.1) is 30.3 Å². The molecule has 2 fully saturated rings. The first-order valence-electron chi connectivity index (χ1n) is 14.5. The number of ether oxygens (including phenoxy) is 3. The van der Waals surface area contributed by atoms with E-state index in [1.54, 1.807) is 17.0 Å². The smallest absolute Gasteiger partial charge is 0.335 e. The molecule has 0 atom stereocenters. The number of thioether (sulfide) groups is 1. The van der Waals surface area contributed by atoms with Gasteiger partial charge in [0.2, 0.25) is 0 Å². The SMILES string of the molecule is O=C(O)c1ccc(OCCCN2C(=O)C(=Cc3ccc(OCCN4CCOCC4)c(-c4ccc5n[nH]nc5c4)c3)SC2=S)cc1. The number of aromatic carboxylic acids is 1. The van der Waals surface area contributed by atoms with Crippen LogP contribution in [0.4, 0.5) is 0 Å². The molecule has 0 unspecified atom stereocenters. The molecular weight excluding hydrogens is 615 g/mol. The second kappa shape index (κ2) is 14.2. The number of nitrogens with one attached hydrogen (secondary N) is 1. The van der Waals surface area contributed by atoms with Gasteiger partial charge in [-0.15, -0.1) is 0 Å². The predicted octanol–water partition coefficient (Wildman–Crippen LogP) is 4.70. The molecule has 0 saturated carbocycles. The lowest BCUT2D eigenvalue weighted by atomic mass is 10.0. The number of H-pyrrole nitrogens is 1. The summed E-state index contributed by atoms with van der Waals surface area (Å²) < 4.78 is 17.9. The highest BCUT2D eigenvalue weighted by atomic mass is 32.2. The fourth-order valence-corrected chi connectivity index (χ4v) is 6.37. The van der Waals surface area contributed by atoms with Crippen molar-refractivity contribution >= 4 is 57.3 Å². The van der Waals surface area contributed by atoms with Crippen molar-refractivity contribution in [3.05, 3.63) is 76.7 Å². The van der Waals surface area contributed by atoms with E-state index in [1.165, 1.54) is 23.9 Å². The van der Waals surface area contributed by atoms with Crippen molar-refractivity contribution in [1.82, 2.24) is 25.2 Å². The highest BCUT2D eigenvalue weighted by Gasteiger charge is 2.31. The van der Waals surface area contributed by atoms with Gasteiger partial charge in [0, 0.05) is 31.7 Å². The monoisotopic (exact) mass is 645 g/mol. The van der Waals surface area contributed by atoms with Crippen LogP contribution in [0.5, 0.6) is 11.5 Å². The van der Waals surface area contributed by atoms with Crippen LogP contribution in [0.1, 0.15) is 22.3 Å². The summed E-state index contributed by atoms with van der Waals surface area (Å²) in [5.74, 6) is 0.176. The molecule has 4 aromatic rings. The molecule has 3 heterocycles. The minimum atomic E-state index is -0.989. The molecule has 2 aliphatic heterocycles. The molecule has 45 heavy (non-hydrogen) atoms. The van der Waals surface area contributed by atoms with Gasteiger partial charge < -0.3 is 19.3 Å². The summed E-state index contributed by atoms with van der Waals surface area (Å²) in [7, 11) is 0. The number of carbonyl (C=O) groups excluding carboxylic acids is 1. The van der Waals surface area contributed by atoms with Crippen molar-refractivity contribution in [3.63, 3.8) is 0 Å². The van der Waals surface area contributed by atoms with Gasteiger partial charge in [0.25, 0.3) is 5.91 Å². The van der Waals surface area contributed by atoms with Crippen molar-refractivity contribution in [3.8, 4) is 22.6 Å². The largest absolute Gasteiger partial charge is 0.494 e. The van der Waals surface area contributed by atoms with Crippen molar-refractivity contribution in [2.45, 2.75) is 6.42 Å². The van der Waals surface area contributed by atoms with Gasteiger partial charge >= 0.3 is 5.97 Å². The molecule has 2 aliphatic rings. The molecule has 0 aliphatic carbocycles. The Hall–Kier alpha value is -4.30. The van der Waals surface area contributed by atoms with Crippen molar-refractivity contribution < 1.29 is 28.9 Å². The first kappa shape index (κ1) is 30.7. The van der Waals surface area contributed by atoms with Crippen LogP contribution in [-0.4, -0.2) is 99.1 Å². The van der Waals surface area contributed by atoms with Gasteiger partial charge in [0.15, 0.2) is 0 Å². The van der Waals surface area contributed by atoms with E-state index in [-0.39, 0.29) is 11.5 Å². The fourth-order valence-electron chi connectivity index (χ4n) is 5.06. The molecule has 0 bridgehead atoms. The first-order valence-corrected chi connectivity index (χ1v) is 15.8. The molecule has 0 radical (unpaired) electrons. The van der Waals surface area contributed by atoms with Crippen LogP contribution in [0, 0.1) is 0 Å². The van der Waals surface area contributed by atoms with Crippen LogP contribution in [0.15, 0.2) is 65.6 Å². The lowest BCUT2D eigenvalue weighted by molar-refractivity contribution is -0.122. The second-order valence-electron chi connectivity index (χ2n) is 10.5. The topological polar surface area (TPSA) is 130 Å². The molecule has 2 saturated heterocycles. The number of aromatic nitrogens is 3. The molecule has 13 heteroatoms. The molecule has 1 amide bonds. The normalized spacial score (nSPS) is 16.5. The highest BCUT2D eigenvalue weighted by Crippen LogP contribution is 2.36. The Morgan fingerprint density at radius 3 is 2.60 bits per heavy atom. The fraction of sp³-hybridized carbons (Fsp3) is 0.281. The first-order chi connectivity index (χ1) is 21.9. The number of thiocarbonyl (C=S) groups is 1. The highest BCUT2D eigenvalue weighted by molar-refractivity contribution is 8.26. The van der Waals surface area contributed by atoms with Crippen molar-refractivity contribution in [2.24, 2.45) is 0 Å². The Bertz CT molecular complexity index is 1740. The predicted molar refractivity (Wildman–Crippen MR) is 175 cm³/mol. The summed E-state index contributed by atoms with van der Waals surface area (Å²) in [5, 5.41) is 20.1. The van der Waals surface area contributed by atoms with E-state index in [2.05, 4.69) is 20.3 Å². The maximum atomic E-state index is 13.3. The Labute approximate surface area is 269 Å². The van der Waals surface area contributed by atoms with Crippen molar-refractivity contribution in [2.75, 3.05) is 52.6 Å². The Morgan fingerprint density at radius 1 is 1.00 bits per heavy atom. The van der Waals surface area contributed by atoms with Gasteiger partial charge in [-0.3, -0.25) is 14.6 Å². The standard InChI is InChI=1S/C32H31N5O6S2/c38-30-29(45-32(44)37(30)10-1-14-42-24-6-3-22(4-7-24)31(39)40)19-21-2-9-28(43-17-13-36-11-15-41-16-12-36)25(18-21)23-5-8-26-27(20-23)34-35-33-26/h2-9,18-20H,1,10-17H2,(H,39,40)(H,33,34,35). The van der Waals surface area contributed by atoms with Crippen LogP contribution < -0.4 is 9.47 Å². The summed E-state index contributed by atoms with van der Waals surface area (Å²) in [6.07, 6.45) is 2.42. The summed E-state index contributed by atoms with van der Waals surface area (Å²) in [6.45, 7) is 5.37.